The van der Waals surface area contributed by atoms with Crippen molar-refractivity contribution in [2.75, 3.05) is 18.0 Å². The number of hydrogen-bond acceptors (Lipinski definition) is 6. The van der Waals surface area contributed by atoms with Crippen LogP contribution in [0.2, 0.25) is 0 Å². The van der Waals surface area contributed by atoms with E-state index in [2.05, 4.69) is 39.6 Å². The summed E-state index contributed by atoms with van der Waals surface area (Å²) in [5.74, 6) is 1.73. The Balaban J connectivity index is 1.46. The fourth-order valence-electron chi connectivity index (χ4n) is 3.12. The molecule has 1 saturated heterocycles. The monoisotopic (exact) mass is 345 g/mol. The predicted octanol–water partition coefficient (Wildman–Crippen LogP) is 3.28. The quantitative estimate of drug-likeness (QED) is 0.796. The molecule has 1 aliphatic rings. The summed E-state index contributed by atoms with van der Waals surface area (Å²) in [4.78, 5) is 7.11. The molecule has 0 aliphatic carbocycles. The molecule has 1 aliphatic heterocycles. The lowest BCUT2D eigenvalue weighted by atomic mass is 10.1. The molecule has 0 bridgehead atoms. The van der Waals surface area contributed by atoms with Crippen molar-refractivity contribution in [1.82, 2.24) is 20.5 Å². The first kappa shape index (κ1) is 17.3. The Labute approximate surface area is 148 Å². The van der Waals surface area contributed by atoms with Gasteiger partial charge in [0.05, 0.1) is 10.7 Å². The van der Waals surface area contributed by atoms with Crippen LogP contribution in [0.1, 0.15) is 43.8 Å². The lowest BCUT2D eigenvalue weighted by molar-refractivity contribution is 0.563. The van der Waals surface area contributed by atoms with Crippen molar-refractivity contribution in [1.29, 1.82) is 0 Å². The molecule has 2 aromatic heterocycles. The first-order valence-electron chi connectivity index (χ1n) is 8.90. The Morgan fingerprint density at radius 3 is 3.12 bits per heavy atom. The summed E-state index contributed by atoms with van der Waals surface area (Å²) in [5, 5.41) is 15.3. The normalized spacial score (nSPS) is 17.8. The average Bonchev–Trinajstić information content (AvgIpc) is 3.23. The maximum Gasteiger partial charge on any atom is 0.151 e. The van der Waals surface area contributed by atoms with Gasteiger partial charge in [0.1, 0.15) is 0 Å². The lowest BCUT2D eigenvalue weighted by Gasteiger charge is -2.25. The van der Waals surface area contributed by atoms with Crippen LogP contribution in [-0.2, 0) is 13.0 Å². The van der Waals surface area contributed by atoms with Gasteiger partial charge in [-0.15, -0.1) is 16.4 Å². The highest BCUT2D eigenvalue weighted by Gasteiger charge is 2.25. The summed E-state index contributed by atoms with van der Waals surface area (Å²) < 4.78 is 0. The van der Waals surface area contributed by atoms with Gasteiger partial charge in [-0.1, -0.05) is 13.8 Å². The molecule has 3 heterocycles. The average molecular weight is 346 g/mol. The Morgan fingerprint density at radius 1 is 1.42 bits per heavy atom. The number of aromatic nitrogens is 3. The van der Waals surface area contributed by atoms with Gasteiger partial charge in [-0.05, 0) is 43.7 Å². The van der Waals surface area contributed by atoms with Crippen LogP contribution in [0.25, 0.3) is 0 Å². The van der Waals surface area contributed by atoms with Crippen LogP contribution in [0.3, 0.4) is 0 Å². The number of nitrogens with zero attached hydrogens (tertiary/aromatic N) is 4. The number of rotatable bonds is 8. The summed E-state index contributed by atoms with van der Waals surface area (Å²) in [7, 11) is 0. The number of aryl methyl sites for hydroxylation is 1. The number of nitrogens with one attached hydrogen (secondary N) is 1. The molecule has 3 rings (SSSR count). The molecule has 1 atom stereocenters. The first-order valence-corrected chi connectivity index (χ1v) is 9.78. The van der Waals surface area contributed by atoms with Gasteiger partial charge in [-0.2, -0.15) is 5.10 Å². The second-order valence-electron chi connectivity index (χ2n) is 6.87. The van der Waals surface area contributed by atoms with E-state index < -0.39 is 0 Å². The third-order valence-electron chi connectivity index (χ3n) is 4.45. The summed E-state index contributed by atoms with van der Waals surface area (Å²) >= 11 is 1.79. The standard InChI is InChI=1S/C18H27N5S/c1-14(2)7-8-18-21-15(13-24-18)11-19-12-16-5-4-10-23(16)17-6-3-9-20-22-17/h3,6,9,13-14,16,19H,4-5,7-8,10-12H2,1-2H3. The van der Waals surface area contributed by atoms with Gasteiger partial charge >= 0.3 is 0 Å². The fourth-order valence-corrected chi connectivity index (χ4v) is 3.93. The zero-order valence-corrected chi connectivity index (χ0v) is 15.4. The molecule has 1 N–H and O–H groups in total. The molecule has 24 heavy (non-hydrogen) atoms. The van der Waals surface area contributed by atoms with Crippen molar-refractivity contribution in [2.45, 2.75) is 52.1 Å². The smallest absolute Gasteiger partial charge is 0.151 e. The van der Waals surface area contributed by atoms with Gasteiger partial charge in [0.2, 0.25) is 0 Å². The lowest BCUT2D eigenvalue weighted by Crippen LogP contribution is -2.38. The van der Waals surface area contributed by atoms with Crippen LogP contribution in [0, 0.1) is 5.92 Å². The molecular weight excluding hydrogens is 318 g/mol. The van der Waals surface area contributed by atoms with Crippen molar-refractivity contribution in [3.63, 3.8) is 0 Å². The minimum absolute atomic E-state index is 0.501. The van der Waals surface area contributed by atoms with E-state index in [1.54, 1.807) is 17.5 Å². The zero-order chi connectivity index (χ0) is 16.8. The molecule has 0 amide bonds. The van der Waals surface area contributed by atoms with Gasteiger partial charge in [0, 0.05) is 37.3 Å². The third kappa shape index (κ3) is 4.74. The van der Waals surface area contributed by atoms with E-state index in [4.69, 9.17) is 4.98 Å². The topological polar surface area (TPSA) is 53.9 Å². The largest absolute Gasteiger partial charge is 0.351 e. The van der Waals surface area contributed by atoms with Crippen molar-refractivity contribution in [3.05, 3.63) is 34.4 Å². The Kier molecular flexibility index (Phi) is 6.15. The van der Waals surface area contributed by atoms with E-state index in [0.29, 0.717) is 6.04 Å². The molecular formula is C18H27N5S. The fraction of sp³-hybridized carbons (Fsp3) is 0.611. The van der Waals surface area contributed by atoms with Gasteiger partial charge in [0.15, 0.2) is 5.82 Å². The molecule has 1 unspecified atom stereocenters. The van der Waals surface area contributed by atoms with E-state index in [9.17, 15) is 0 Å². The highest BCUT2D eigenvalue weighted by Crippen LogP contribution is 2.22. The molecule has 0 aromatic carbocycles. The molecule has 2 aromatic rings. The summed E-state index contributed by atoms with van der Waals surface area (Å²) in [6.07, 6.45) is 6.48. The molecule has 0 saturated carbocycles. The van der Waals surface area contributed by atoms with E-state index in [1.165, 1.54) is 30.0 Å². The highest BCUT2D eigenvalue weighted by molar-refractivity contribution is 7.09. The predicted molar refractivity (Wildman–Crippen MR) is 99.4 cm³/mol. The van der Waals surface area contributed by atoms with Crippen molar-refractivity contribution < 1.29 is 0 Å². The van der Waals surface area contributed by atoms with E-state index >= 15 is 0 Å². The third-order valence-corrected chi connectivity index (χ3v) is 5.41. The van der Waals surface area contributed by atoms with Gasteiger partial charge < -0.3 is 10.2 Å². The summed E-state index contributed by atoms with van der Waals surface area (Å²) in [6, 6.07) is 4.51. The van der Waals surface area contributed by atoms with Crippen molar-refractivity contribution in [3.8, 4) is 0 Å². The van der Waals surface area contributed by atoms with E-state index in [1.807, 2.05) is 12.1 Å². The van der Waals surface area contributed by atoms with Crippen LogP contribution in [-0.4, -0.2) is 34.3 Å². The van der Waals surface area contributed by atoms with E-state index in [-0.39, 0.29) is 0 Å². The van der Waals surface area contributed by atoms with Gasteiger partial charge in [-0.25, -0.2) is 4.98 Å². The van der Waals surface area contributed by atoms with Crippen LogP contribution in [0.5, 0.6) is 0 Å². The molecule has 5 nitrogen and oxygen atoms in total. The molecule has 6 heteroatoms. The SMILES string of the molecule is CC(C)CCc1nc(CNCC2CCCN2c2cccnn2)cs1. The van der Waals surface area contributed by atoms with Crippen LogP contribution in [0.4, 0.5) is 5.82 Å². The van der Waals surface area contributed by atoms with Crippen molar-refractivity contribution >= 4 is 17.2 Å². The Morgan fingerprint density at radius 2 is 2.33 bits per heavy atom. The summed E-state index contributed by atoms with van der Waals surface area (Å²) in [5.41, 5.74) is 1.17. The maximum absolute atomic E-state index is 4.74. The number of anilines is 1. The van der Waals surface area contributed by atoms with E-state index in [0.717, 1.165) is 37.8 Å². The Hall–Kier alpha value is -1.53. The van der Waals surface area contributed by atoms with Crippen molar-refractivity contribution in [2.24, 2.45) is 5.92 Å². The first-order chi connectivity index (χ1) is 11.7. The second-order valence-corrected chi connectivity index (χ2v) is 7.81. The highest BCUT2D eigenvalue weighted by atomic mass is 32.1. The molecule has 130 valence electrons. The van der Waals surface area contributed by atoms with Crippen LogP contribution >= 0.6 is 11.3 Å². The zero-order valence-electron chi connectivity index (χ0n) is 14.6. The minimum atomic E-state index is 0.501. The van der Waals surface area contributed by atoms with Crippen LogP contribution in [0.15, 0.2) is 23.7 Å². The molecule has 1 fully saturated rings. The van der Waals surface area contributed by atoms with Crippen LogP contribution < -0.4 is 10.2 Å². The summed E-state index contributed by atoms with van der Waals surface area (Å²) in [6.45, 7) is 7.42. The second kappa shape index (κ2) is 8.53. The van der Waals surface area contributed by atoms with Gasteiger partial charge in [-0.3, -0.25) is 0 Å². The number of thiazole rings is 1. The molecule has 0 radical (unpaired) electrons. The van der Waals surface area contributed by atoms with Gasteiger partial charge in [0.25, 0.3) is 0 Å². The minimum Gasteiger partial charge on any atom is -0.351 e. The maximum atomic E-state index is 4.74. The number of hydrogen-bond donors (Lipinski definition) is 1. The Bertz CT molecular complexity index is 613. The molecule has 0 spiro atoms.